The summed E-state index contributed by atoms with van der Waals surface area (Å²) in [6, 6.07) is 22.1. The number of piperidine rings is 1. The Morgan fingerprint density at radius 1 is 0.860 bits per heavy atom. The first-order chi connectivity index (χ1) is 19.3. The number of carbonyl (C=O) groups excluding carboxylic acids is 2. The molecule has 234 valence electrons. The summed E-state index contributed by atoms with van der Waals surface area (Å²) in [5.74, 6) is -2.00. The van der Waals surface area contributed by atoms with Crippen molar-refractivity contribution in [2.24, 2.45) is 5.73 Å². The van der Waals surface area contributed by atoms with Crippen LogP contribution < -0.4 is 11.1 Å². The molecule has 2 aliphatic rings. The second-order valence-electron chi connectivity index (χ2n) is 10.6. The molecule has 2 fully saturated rings. The first kappa shape index (κ1) is 35.6. The molecule has 2 heterocycles. The molecule has 1 atom stereocenters. The summed E-state index contributed by atoms with van der Waals surface area (Å²) in [4.78, 5) is 29.2. The molecule has 12 heteroatoms. The minimum atomic E-state index is -1.00. The molecule has 0 bridgehead atoms. The number of nitrogens with two attached hydrogens (primary N) is 1. The SMILES string of the molecule is Cl.NC(=O)NC1(c2ccccc2)CCN(CCC2(c3ccc(F)c(F)c3)CN(C(=O)c3ccccc3)CCO2)CC1.O.O. The zero-order chi connectivity index (χ0) is 28.2. The number of hydrogen-bond acceptors (Lipinski definition) is 4. The second kappa shape index (κ2) is 15.2. The van der Waals surface area contributed by atoms with Gasteiger partial charge in [-0.05, 0) is 54.7 Å². The van der Waals surface area contributed by atoms with Gasteiger partial charge in [0, 0.05) is 31.7 Å². The van der Waals surface area contributed by atoms with Crippen molar-refractivity contribution in [3.8, 4) is 0 Å². The first-order valence-electron chi connectivity index (χ1n) is 13.6. The Bertz CT molecular complexity index is 1350. The Morgan fingerprint density at radius 2 is 1.49 bits per heavy atom. The van der Waals surface area contributed by atoms with Crippen molar-refractivity contribution in [3.63, 3.8) is 0 Å². The van der Waals surface area contributed by atoms with Crippen molar-refractivity contribution in [2.45, 2.75) is 30.4 Å². The van der Waals surface area contributed by atoms with Crippen LogP contribution in [0.25, 0.3) is 0 Å². The van der Waals surface area contributed by atoms with Gasteiger partial charge in [-0.25, -0.2) is 13.6 Å². The zero-order valence-electron chi connectivity index (χ0n) is 23.7. The Hall–Kier alpha value is -3.61. The molecule has 3 aromatic rings. The van der Waals surface area contributed by atoms with Gasteiger partial charge >= 0.3 is 6.03 Å². The van der Waals surface area contributed by atoms with Gasteiger partial charge < -0.3 is 36.5 Å². The fraction of sp³-hybridized carbons (Fsp3) is 0.355. The lowest BCUT2D eigenvalue weighted by Gasteiger charge is -2.46. The lowest BCUT2D eigenvalue weighted by molar-refractivity contribution is -0.114. The molecule has 2 saturated heterocycles. The fourth-order valence-electron chi connectivity index (χ4n) is 5.95. The summed E-state index contributed by atoms with van der Waals surface area (Å²) in [6.07, 6.45) is 1.80. The molecule has 9 nitrogen and oxygen atoms in total. The Balaban J connectivity index is 0.00000215. The number of amides is 3. The number of nitrogens with one attached hydrogen (secondary N) is 1. The first-order valence-corrected chi connectivity index (χ1v) is 13.6. The number of nitrogens with zero attached hydrogens (tertiary/aromatic N) is 2. The topological polar surface area (TPSA) is 151 Å². The number of urea groups is 1. The smallest absolute Gasteiger partial charge is 0.312 e. The van der Waals surface area contributed by atoms with Crippen LogP contribution in [-0.4, -0.2) is 72.0 Å². The van der Waals surface area contributed by atoms with E-state index in [-0.39, 0.29) is 42.4 Å². The number of hydrogen-bond donors (Lipinski definition) is 2. The van der Waals surface area contributed by atoms with E-state index in [1.54, 1.807) is 23.1 Å². The van der Waals surface area contributed by atoms with Gasteiger partial charge in [-0.3, -0.25) is 4.79 Å². The molecule has 0 radical (unpaired) electrons. The van der Waals surface area contributed by atoms with E-state index in [1.165, 1.54) is 6.07 Å². The van der Waals surface area contributed by atoms with Gasteiger partial charge in [0.2, 0.25) is 0 Å². The highest BCUT2D eigenvalue weighted by Gasteiger charge is 2.42. The molecule has 0 aromatic heterocycles. The molecular formula is C31H39ClF2N4O5. The number of halogens is 3. The Kier molecular flexibility index (Phi) is 12.6. The molecule has 5 rings (SSSR count). The number of ether oxygens (including phenoxy) is 1. The molecular weight excluding hydrogens is 582 g/mol. The van der Waals surface area contributed by atoms with Crippen LogP contribution in [0.1, 0.15) is 40.7 Å². The van der Waals surface area contributed by atoms with E-state index in [2.05, 4.69) is 10.2 Å². The molecule has 1 unspecified atom stereocenters. The molecule has 3 amide bonds. The highest BCUT2D eigenvalue weighted by atomic mass is 35.5. The Labute approximate surface area is 256 Å². The summed E-state index contributed by atoms with van der Waals surface area (Å²) in [7, 11) is 0. The number of primary amides is 1. The van der Waals surface area contributed by atoms with E-state index in [0.29, 0.717) is 56.6 Å². The minimum absolute atomic E-state index is 0. The van der Waals surface area contributed by atoms with Gasteiger partial charge in [-0.15, -0.1) is 12.4 Å². The maximum Gasteiger partial charge on any atom is 0.312 e. The fourth-order valence-corrected chi connectivity index (χ4v) is 5.95. The van der Waals surface area contributed by atoms with Crippen LogP contribution in [0, 0.1) is 11.6 Å². The van der Waals surface area contributed by atoms with Crippen LogP contribution in [0.2, 0.25) is 0 Å². The third-order valence-electron chi connectivity index (χ3n) is 8.17. The minimum Gasteiger partial charge on any atom is -0.412 e. The van der Waals surface area contributed by atoms with E-state index < -0.39 is 28.8 Å². The summed E-state index contributed by atoms with van der Waals surface area (Å²) in [5, 5.41) is 2.98. The van der Waals surface area contributed by atoms with Crippen molar-refractivity contribution in [1.82, 2.24) is 15.1 Å². The highest BCUT2D eigenvalue weighted by molar-refractivity contribution is 5.94. The normalized spacial score (nSPS) is 19.6. The summed E-state index contributed by atoms with van der Waals surface area (Å²) < 4.78 is 34.6. The number of likely N-dealkylation sites (tertiary alicyclic amines) is 1. The maximum atomic E-state index is 14.4. The monoisotopic (exact) mass is 620 g/mol. The molecule has 0 aliphatic carbocycles. The van der Waals surface area contributed by atoms with Gasteiger partial charge in [-0.1, -0.05) is 54.6 Å². The zero-order valence-corrected chi connectivity index (χ0v) is 24.5. The third-order valence-corrected chi connectivity index (χ3v) is 8.17. The summed E-state index contributed by atoms with van der Waals surface area (Å²) >= 11 is 0. The highest BCUT2D eigenvalue weighted by Crippen LogP contribution is 2.37. The quantitative estimate of drug-likeness (QED) is 0.417. The maximum absolute atomic E-state index is 14.4. The van der Waals surface area contributed by atoms with E-state index in [1.807, 2.05) is 48.5 Å². The number of benzene rings is 3. The van der Waals surface area contributed by atoms with Crippen LogP contribution in [0.3, 0.4) is 0 Å². The number of morpholine rings is 1. The van der Waals surface area contributed by atoms with Crippen molar-refractivity contribution in [1.29, 1.82) is 0 Å². The van der Waals surface area contributed by atoms with Gasteiger partial charge in [0.05, 0.1) is 18.7 Å². The van der Waals surface area contributed by atoms with Crippen molar-refractivity contribution < 1.29 is 34.1 Å². The van der Waals surface area contributed by atoms with Crippen molar-refractivity contribution in [3.05, 3.63) is 107 Å². The van der Waals surface area contributed by atoms with Gasteiger partial charge in [0.25, 0.3) is 5.91 Å². The average molecular weight is 621 g/mol. The Morgan fingerprint density at radius 3 is 2.09 bits per heavy atom. The molecule has 43 heavy (non-hydrogen) atoms. The van der Waals surface area contributed by atoms with Crippen molar-refractivity contribution >= 4 is 24.3 Å². The number of rotatable bonds is 7. The summed E-state index contributed by atoms with van der Waals surface area (Å²) in [5.41, 5.74) is 6.08. The lowest BCUT2D eigenvalue weighted by Crippen LogP contribution is -2.56. The lowest BCUT2D eigenvalue weighted by atomic mass is 9.80. The number of carbonyl (C=O) groups is 2. The molecule has 0 spiro atoms. The molecule has 0 saturated carbocycles. The van der Waals surface area contributed by atoms with Gasteiger partial charge in [0.15, 0.2) is 11.6 Å². The average Bonchev–Trinajstić information content (AvgIpc) is 2.98. The van der Waals surface area contributed by atoms with E-state index in [4.69, 9.17) is 10.5 Å². The molecule has 7 N–H and O–H groups in total. The van der Waals surface area contributed by atoms with Crippen LogP contribution in [0.15, 0.2) is 78.9 Å². The van der Waals surface area contributed by atoms with Crippen LogP contribution in [-0.2, 0) is 15.9 Å². The van der Waals surface area contributed by atoms with E-state index in [9.17, 15) is 18.4 Å². The predicted octanol–water partition coefficient (Wildman–Crippen LogP) is 3.15. The molecule has 3 aromatic carbocycles. The molecule has 2 aliphatic heterocycles. The van der Waals surface area contributed by atoms with Gasteiger partial charge in [0.1, 0.15) is 5.60 Å². The van der Waals surface area contributed by atoms with Crippen molar-refractivity contribution in [2.75, 3.05) is 39.3 Å². The third kappa shape index (κ3) is 7.87. The largest absolute Gasteiger partial charge is 0.412 e. The van der Waals surface area contributed by atoms with Gasteiger partial charge in [-0.2, -0.15) is 0 Å². The van der Waals surface area contributed by atoms with Crippen LogP contribution >= 0.6 is 12.4 Å². The predicted molar refractivity (Wildman–Crippen MR) is 162 cm³/mol. The van der Waals surface area contributed by atoms with E-state index >= 15 is 0 Å². The standard InChI is InChI=1S/C31H34F2N4O3.ClH.2H2O/c32-26-12-11-25(21-27(26)33)31(22-37(19-20-40-31)28(38)23-7-3-1-4-8-23)15-18-36-16-13-30(14-17-36,35-29(34)39)24-9-5-2-6-10-24;;;/h1-12,21H,13-20,22H2,(H3,34,35,39);1H;2*1H2. The second-order valence-corrected chi connectivity index (χ2v) is 10.6. The summed E-state index contributed by atoms with van der Waals surface area (Å²) in [6.45, 7) is 2.88. The van der Waals surface area contributed by atoms with Crippen LogP contribution in [0.4, 0.5) is 13.6 Å². The van der Waals surface area contributed by atoms with E-state index in [0.717, 1.165) is 11.6 Å². The van der Waals surface area contributed by atoms with Crippen LogP contribution in [0.5, 0.6) is 0 Å².